The number of hydrogen-bond donors (Lipinski definition) is 1. The van der Waals surface area contributed by atoms with Gasteiger partial charge in [-0.25, -0.2) is 0 Å². The number of amides is 2. The van der Waals surface area contributed by atoms with E-state index in [1.54, 1.807) is 4.90 Å². The lowest BCUT2D eigenvalue weighted by atomic mass is 9.93. The van der Waals surface area contributed by atoms with E-state index in [4.69, 9.17) is 0 Å². The lowest BCUT2D eigenvalue weighted by Crippen LogP contribution is -2.55. The van der Waals surface area contributed by atoms with Gasteiger partial charge in [0.15, 0.2) is 0 Å². The van der Waals surface area contributed by atoms with E-state index >= 15 is 0 Å². The predicted molar refractivity (Wildman–Crippen MR) is 97.5 cm³/mol. The van der Waals surface area contributed by atoms with Crippen LogP contribution in [-0.2, 0) is 4.79 Å². The number of para-hydroxylation sites is 1. The lowest BCUT2D eigenvalue weighted by molar-refractivity contribution is -0.138. The zero-order valence-corrected chi connectivity index (χ0v) is 14.8. The quantitative estimate of drug-likeness (QED) is 0.914. The highest BCUT2D eigenvalue weighted by Gasteiger charge is 2.33. The van der Waals surface area contributed by atoms with Gasteiger partial charge in [0, 0.05) is 30.0 Å². The Hall–Kier alpha value is -2.30. The number of nitrogens with one attached hydrogen (secondary N) is 1. The zero-order chi connectivity index (χ0) is 17.4. The molecule has 2 amide bonds. The van der Waals surface area contributed by atoms with Gasteiger partial charge >= 0.3 is 0 Å². The summed E-state index contributed by atoms with van der Waals surface area (Å²) in [5.41, 5.74) is 2.54. The summed E-state index contributed by atoms with van der Waals surface area (Å²) in [7, 11) is 0. The molecule has 1 saturated heterocycles. The molecule has 2 aliphatic rings. The van der Waals surface area contributed by atoms with Crippen molar-refractivity contribution >= 4 is 22.7 Å². The molecule has 1 N–H and O–H groups in total. The van der Waals surface area contributed by atoms with Crippen LogP contribution in [0.1, 0.15) is 48.2 Å². The van der Waals surface area contributed by atoms with E-state index in [1.807, 2.05) is 36.1 Å². The van der Waals surface area contributed by atoms with Crippen LogP contribution in [-0.4, -0.2) is 52.3 Å². The van der Waals surface area contributed by atoms with Crippen molar-refractivity contribution in [1.29, 1.82) is 0 Å². The van der Waals surface area contributed by atoms with Crippen LogP contribution in [0, 0.1) is 6.92 Å². The Bertz CT molecular complexity index is 804. The minimum Gasteiger partial charge on any atom is -0.350 e. The van der Waals surface area contributed by atoms with Crippen molar-refractivity contribution in [3.05, 3.63) is 35.5 Å². The first-order valence-corrected chi connectivity index (χ1v) is 9.31. The van der Waals surface area contributed by atoms with Crippen LogP contribution in [0.4, 0.5) is 0 Å². The molecule has 1 aromatic carbocycles. The van der Waals surface area contributed by atoms with Crippen LogP contribution < -0.4 is 0 Å². The molecule has 4 rings (SSSR count). The SMILES string of the molecule is Cc1c(C(=O)N2CCN(C3CCCCC3)C(=O)C2)[nH]c2ccccc12. The molecule has 1 aromatic heterocycles. The fourth-order valence-corrected chi connectivity index (χ4v) is 4.29. The molecule has 0 radical (unpaired) electrons. The third kappa shape index (κ3) is 2.92. The number of rotatable bonds is 2. The molecule has 0 bridgehead atoms. The van der Waals surface area contributed by atoms with Gasteiger partial charge in [0.1, 0.15) is 12.2 Å². The van der Waals surface area contributed by atoms with Crippen LogP contribution in [0.3, 0.4) is 0 Å². The molecule has 2 fully saturated rings. The number of benzene rings is 1. The highest BCUT2D eigenvalue weighted by molar-refractivity contribution is 6.02. The van der Waals surface area contributed by atoms with Gasteiger partial charge in [-0.1, -0.05) is 37.5 Å². The summed E-state index contributed by atoms with van der Waals surface area (Å²) in [5.74, 6) is 0.0330. The van der Waals surface area contributed by atoms with Crippen molar-refractivity contribution < 1.29 is 9.59 Å². The average Bonchev–Trinajstić information content (AvgIpc) is 2.99. The third-order valence-corrected chi connectivity index (χ3v) is 5.74. The number of carbonyl (C=O) groups excluding carboxylic acids is 2. The normalized spacial score (nSPS) is 19.6. The first kappa shape index (κ1) is 16.2. The van der Waals surface area contributed by atoms with Crippen molar-refractivity contribution in [3.8, 4) is 0 Å². The molecule has 5 nitrogen and oxygen atoms in total. The van der Waals surface area contributed by atoms with E-state index in [0.29, 0.717) is 24.8 Å². The van der Waals surface area contributed by atoms with E-state index in [2.05, 4.69) is 4.98 Å². The van der Waals surface area contributed by atoms with Crippen LogP contribution >= 0.6 is 0 Å². The largest absolute Gasteiger partial charge is 0.350 e. The van der Waals surface area contributed by atoms with Gasteiger partial charge in [-0.3, -0.25) is 9.59 Å². The molecule has 0 spiro atoms. The van der Waals surface area contributed by atoms with Crippen molar-refractivity contribution in [1.82, 2.24) is 14.8 Å². The molecule has 2 heterocycles. The van der Waals surface area contributed by atoms with Crippen LogP contribution in [0.25, 0.3) is 10.9 Å². The molecule has 0 atom stereocenters. The van der Waals surface area contributed by atoms with Gasteiger partial charge in [0.25, 0.3) is 5.91 Å². The fourth-order valence-electron chi connectivity index (χ4n) is 4.29. The monoisotopic (exact) mass is 339 g/mol. The predicted octanol–water partition coefficient (Wildman–Crippen LogP) is 3.09. The van der Waals surface area contributed by atoms with Crippen LogP contribution in [0.15, 0.2) is 24.3 Å². The van der Waals surface area contributed by atoms with E-state index in [9.17, 15) is 9.59 Å². The summed E-state index contributed by atoms with van der Waals surface area (Å²) in [4.78, 5) is 32.5. The smallest absolute Gasteiger partial charge is 0.271 e. The lowest BCUT2D eigenvalue weighted by Gasteiger charge is -2.40. The minimum atomic E-state index is -0.0645. The number of piperazine rings is 1. The molecule has 132 valence electrons. The molecule has 2 aromatic rings. The van der Waals surface area contributed by atoms with Crippen molar-refractivity contribution in [2.75, 3.05) is 19.6 Å². The number of fused-ring (bicyclic) bond motifs is 1. The fraction of sp³-hybridized carbons (Fsp3) is 0.500. The van der Waals surface area contributed by atoms with Crippen LogP contribution in [0.5, 0.6) is 0 Å². The van der Waals surface area contributed by atoms with E-state index in [-0.39, 0.29) is 18.4 Å². The maximum Gasteiger partial charge on any atom is 0.271 e. The molecule has 1 saturated carbocycles. The zero-order valence-electron chi connectivity index (χ0n) is 14.8. The standard InChI is InChI=1S/C20H25N3O2/c1-14-16-9-5-6-10-17(16)21-19(14)20(25)22-11-12-23(18(24)13-22)15-7-3-2-4-8-15/h5-6,9-10,15,21H,2-4,7-8,11-13H2,1H3. The van der Waals surface area contributed by atoms with Gasteiger partial charge in [-0.15, -0.1) is 0 Å². The van der Waals surface area contributed by atoms with Crippen LogP contribution in [0.2, 0.25) is 0 Å². The number of aromatic amines is 1. The Morgan fingerprint density at radius 3 is 2.60 bits per heavy atom. The molecule has 0 unspecified atom stereocenters. The number of nitrogens with zero attached hydrogens (tertiary/aromatic N) is 2. The average molecular weight is 339 g/mol. The first-order chi connectivity index (χ1) is 12.1. The Kier molecular flexibility index (Phi) is 4.24. The number of carbonyl (C=O) groups is 2. The number of H-pyrrole nitrogens is 1. The number of aryl methyl sites for hydroxylation is 1. The topological polar surface area (TPSA) is 56.4 Å². The third-order valence-electron chi connectivity index (χ3n) is 5.74. The molecular formula is C20H25N3O2. The van der Waals surface area contributed by atoms with Gasteiger partial charge in [-0.05, 0) is 31.4 Å². The van der Waals surface area contributed by atoms with Gasteiger partial charge in [-0.2, -0.15) is 0 Å². The Balaban J connectivity index is 1.50. The highest BCUT2D eigenvalue weighted by Crippen LogP contribution is 2.26. The summed E-state index contributed by atoms with van der Waals surface area (Å²) in [6.07, 6.45) is 5.93. The summed E-state index contributed by atoms with van der Waals surface area (Å²) in [6.45, 7) is 3.45. The Morgan fingerprint density at radius 2 is 1.88 bits per heavy atom. The Labute approximate surface area is 148 Å². The summed E-state index contributed by atoms with van der Waals surface area (Å²) < 4.78 is 0. The summed E-state index contributed by atoms with van der Waals surface area (Å²) in [6, 6.07) is 8.31. The van der Waals surface area contributed by atoms with Gasteiger partial charge < -0.3 is 14.8 Å². The van der Waals surface area contributed by atoms with Crippen molar-refractivity contribution in [3.63, 3.8) is 0 Å². The number of aromatic nitrogens is 1. The molecule has 1 aliphatic carbocycles. The minimum absolute atomic E-state index is 0.0645. The van der Waals surface area contributed by atoms with E-state index < -0.39 is 0 Å². The molecule has 5 heteroatoms. The number of hydrogen-bond acceptors (Lipinski definition) is 2. The summed E-state index contributed by atoms with van der Waals surface area (Å²) in [5, 5.41) is 1.07. The highest BCUT2D eigenvalue weighted by atomic mass is 16.2. The van der Waals surface area contributed by atoms with Gasteiger partial charge in [0.05, 0.1) is 0 Å². The molecule has 1 aliphatic heterocycles. The van der Waals surface area contributed by atoms with Crippen molar-refractivity contribution in [2.24, 2.45) is 0 Å². The maximum atomic E-state index is 12.9. The maximum absolute atomic E-state index is 12.9. The second kappa shape index (κ2) is 6.54. The second-order valence-corrected chi connectivity index (χ2v) is 7.28. The van der Waals surface area contributed by atoms with E-state index in [0.717, 1.165) is 29.3 Å². The molecular weight excluding hydrogens is 314 g/mol. The summed E-state index contributed by atoms with van der Waals surface area (Å²) >= 11 is 0. The second-order valence-electron chi connectivity index (χ2n) is 7.28. The van der Waals surface area contributed by atoms with Crippen molar-refractivity contribution in [2.45, 2.75) is 45.1 Å². The van der Waals surface area contributed by atoms with E-state index in [1.165, 1.54) is 19.3 Å². The van der Waals surface area contributed by atoms with Gasteiger partial charge in [0.2, 0.25) is 5.91 Å². The molecule has 25 heavy (non-hydrogen) atoms. The Morgan fingerprint density at radius 1 is 1.12 bits per heavy atom. The first-order valence-electron chi connectivity index (χ1n) is 9.31.